The number of thiazole rings is 1. The fourth-order valence-electron chi connectivity index (χ4n) is 3.44. The van der Waals surface area contributed by atoms with Gasteiger partial charge in [0, 0.05) is 31.3 Å². The van der Waals surface area contributed by atoms with Gasteiger partial charge in [0.2, 0.25) is 17.6 Å². The molecule has 1 aliphatic heterocycles. The van der Waals surface area contributed by atoms with E-state index in [4.69, 9.17) is 4.74 Å². The first-order chi connectivity index (χ1) is 15.5. The predicted molar refractivity (Wildman–Crippen MR) is 124 cm³/mol. The third-order valence-corrected chi connectivity index (χ3v) is 6.14. The first-order valence-electron chi connectivity index (χ1n) is 10.0. The number of hydrogen-bond donors (Lipinski definition) is 1. The number of carbonyl (C=O) groups excluding carboxylic acids is 3. The Kier molecular flexibility index (Phi) is 6.18. The molecule has 0 radical (unpaired) electrons. The second-order valence-electron chi connectivity index (χ2n) is 7.22. The monoisotopic (exact) mass is 450 g/mol. The van der Waals surface area contributed by atoms with Crippen molar-refractivity contribution in [2.75, 3.05) is 41.9 Å². The zero-order chi connectivity index (χ0) is 22.7. The Labute approximate surface area is 189 Å². The van der Waals surface area contributed by atoms with Crippen LogP contribution in [0.15, 0.2) is 54.6 Å². The molecule has 32 heavy (non-hydrogen) atoms. The topological polar surface area (TPSA) is 91.8 Å². The number of nitrogens with one attached hydrogen (secondary N) is 1. The third kappa shape index (κ3) is 4.47. The maximum Gasteiger partial charge on any atom is 0.246 e. The minimum Gasteiger partial charge on any atom is -0.497 e. The van der Waals surface area contributed by atoms with Gasteiger partial charge in [-0.25, -0.2) is 4.98 Å². The van der Waals surface area contributed by atoms with Gasteiger partial charge in [0.25, 0.3) is 0 Å². The van der Waals surface area contributed by atoms with Crippen LogP contribution in [0.25, 0.3) is 0 Å². The Hall–Kier alpha value is -3.72. The Morgan fingerprint density at radius 3 is 2.41 bits per heavy atom. The van der Waals surface area contributed by atoms with Crippen LogP contribution in [0, 0.1) is 0 Å². The summed E-state index contributed by atoms with van der Waals surface area (Å²) >= 11 is 1.18. The van der Waals surface area contributed by atoms with Crippen molar-refractivity contribution in [2.45, 2.75) is 6.92 Å². The summed E-state index contributed by atoms with van der Waals surface area (Å²) in [6.45, 7) is 2.51. The van der Waals surface area contributed by atoms with Crippen LogP contribution in [0.4, 0.5) is 16.6 Å². The first kappa shape index (κ1) is 21.5. The van der Waals surface area contributed by atoms with Crippen molar-refractivity contribution in [1.29, 1.82) is 0 Å². The molecule has 2 aromatic carbocycles. The smallest absolute Gasteiger partial charge is 0.246 e. The lowest BCUT2D eigenvalue weighted by molar-refractivity contribution is -0.118. The third-order valence-electron chi connectivity index (χ3n) is 5.03. The van der Waals surface area contributed by atoms with Crippen molar-refractivity contribution in [2.24, 2.45) is 0 Å². The number of methoxy groups -OCH3 is 1. The molecule has 4 rings (SSSR count). The summed E-state index contributed by atoms with van der Waals surface area (Å²) in [5, 5.41) is 3.17. The number of rotatable bonds is 6. The van der Waals surface area contributed by atoms with E-state index in [1.165, 1.54) is 18.3 Å². The van der Waals surface area contributed by atoms with Crippen molar-refractivity contribution in [1.82, 2.24) is 4.98 Å². The molecule has 0 atom stereocenters. The van der Waals surface area contributed by atoms with Gasteiger partial charge in [0.1, 0.15) is 10.6 Å². The summed E-state index contributed by atoms with van der Waals surface area (Å²) in [6, 6.07) is 16.2. The number of hydrogen-bond acceptors (Lipinski definition) is 7. The second kappa shape index (κ2) is 9.19. The largest absolute Gasteiger partial charge is 0.497 e. The van der Waals surface area contributed by atoms with E-state index in [2.05, 4.69) is 10.3 Å². The highest BCUT2D eigenvalue weighted by Gasteiger charge is 2.29. The summed E-state index contributed by atoms with van der Waals surface area (Å²) in [7, 11) is 1.60. The van der Waals surface area contributed by atoms with Gasteiger partial charge in [-0.2, -0.15) is 0 Å². The minimum absolute atomic E-state index is 0.0753. The molecule has 0 aliphatic carbocycles. The summed E-state index contributed by atoms with van der Waals surface area (Å²) in [4.78, 5) is 45.9. The normalized spacial score (nSPS) is 13.8. The maximum absolute atomic E-state index is 13.0. The SMILES string of the molecule is COc1ccc(N2CCN(c3nc(NC(C)=O)c(C(=O)c4ccccc4)s3)CC2=O)cc1. The molecule has 9 heteroatoms. The number of anilines is 3. The summed E-state index contributed by atoms with van der Waals surface area (Å²) < 4.78 is 5.17. The van der Waals surface area contributed by atoms with Crippen LogP contribution in [-0.4, -0.2) is 49.3 Å². The highest BCUT2D eigenvalue weighted by molar-refractivity contribution is 7.18. The van der Waals surface area contributed by atoms with E-state index in [1.807, 2.05) is 35.2 Å². The Morgan fingerprint density at radius 1 is 1.06 bits per heavy atom. The van der Waals surface area contributed by atoms with Gasteiger partial charge < -0.3 is 19.9 Å². The van der Waals surface area contributed by atoms with Crippen molar-refractivity contribution in [3.05, 3.63) is 65.0 Å². The molecule has 0 spiro atoms. The number of carbonyl (C=O) groups is 3. The molecule has 1 aromatic heterocycles. The van der Waals surface area contributed by atoms with Gasteiger partial charge in [0.15, 0.2) is 10.9 Å². The Morgan fingerprint density at radius 2 is 1.78 bits per heavy atom. The molecule has 0 unspecified atom stereocenters. The van der Waals surface area contributed by atoms with Crippen LogP contribution in [0.1, 0.15) is 22.2 Å². The standard InChI is InChI=1S/C23H22N4O4S/c1-15(28)24-22-21(20(30)16-6-4-3-5-7-16)32-23(25-22)26-12-13-27(19(29)14-26)17-8-10-18(31-2)11-9-17/h3-11H,12-14H2,1-2H3,(H,24,28). The number of amides is 2. The highest BCUT2D eigenvalue weighted by atomic mass is 32.1. The lowest BCUT2D eigenvalue weighted by atomic mass is 10.1. The van der Waals surface area contributed by atoms with E-state index in [9.17, 15) is 14.4 Å². The highest BCUT2D eigenvalue weighted by Crippen LogP contribution is 2.33. The lowest BCUT2D eigenvalue weighted by Gasteiger charge is -2.34. The van der Waals surface area contributed by atoms with Crippen LogP contribution >= 0.6 is 11.3 Å². The molecule has 1 N–H and O–H groups in total. The number of ketones is 1. The van der Waals surface area contributed by atoms with Crippen molar-refractivity contribution in [3.63, 3.8) is 0 Å². The van der Waals surface area contributed by atoms with Gasteiger partial charge in [-0.1, -0.05) is 41.7 Å². The van der Waals surface area contributed by atoms with Gasteiger partial charge in [-0.3, -0.25) is 14.4 Å². The van der Waals surface area contributed by atoms with E-state index in [1.54, 1.807) is 36.3 Å². The summed E-state index contributed by atoms with van der Waals surface area (Å²) in [5.41, 5.74) is 1.31. The molecular weight excluding hydrogens is 428 g/mol. The van der Waals surface area contributed by atoms with E-state index in [0.29, 0.717) is 28.7 Å². The number of ether oxygens (including phenoxy) is 1. The zero-order valence-electron chi connectivity index (χ0n) is 17.7. The van der Waals surface area contributed by atoms with E-state index < -0.39 is 0 Å². The molecule has 1 saturated heterocycles. The number of nitrogens with zero attached hydrogens (tertiary/aromatic N) is 3. The van der Waals surface area contributed by atoms with Crippen molar-refractivity contribution >= 4 is 45.6 Å². The molecule has 1 fully saturated rings. The minimum atomic E-state index is -0.315. The number of piperazine rings is 1. The number of aromatic nitrogens is 1. The van der Waals surface area contributed by atoms with Crippen molar-refractivity contribution in [3.8, 4) is 5.75 Å². The average molecular weight is 451 g/mol. The molecular formula is C23H22N4O4S. The fraction of sp³-hybridized carbons (Fsp3) is 0.217. The van der Waals surface area contributed by atoms with Crippen LogP contribution in [-0.2, 0) is 9.59 Å². The second-order valence-corrected chi connectivity index (χ2v) is 8.19. The molecule has 3 aromatic rings. The molecule has 164 valence electrons. The molecule has 0 bridgehead atoms. The molecule has 2 amide bonds. The molecule has 2 heterocycles. The maximum atomic E-state index is 13.0. The van der Waals surface area contributed by atoms with Crippen LogP contribution in [0.5, 0.6) is 5.75 Å². The van der Waals surface area contributed by atoms with Crippen LogP contribution in [0.3, 0.4) is 0 Å². The van der Waals surface area contributed by atoms with E-state index >= 15 is 0 Å². The Balaban J connectivity index is 1.56. The van der Waals surface area contributed by atoms with E-state index in [-0.39, 0.29) is 30.0 Å². The van der Waals surface area contributed by atoms with Gasteiger partial charge in [-0.05, 0) is 24.3 Å². The molecule has 8 nitrogen and oxygen atoms in total. The number of benzene rings is 2. The average Bonchev–Trinajstić information content (AvgIpc) is 3.22. The summed E-state index contributed by atoms with van der Waals surface area (Å²) in [5.74, 6) is 0.333. The Bertz CT molecular complexity index is 1140. The van der Waals surface area contributed by atoms with Crippen LogP contribution in [0.2, 0.25) is 0 Å². The zero-order valence-corrected chi connectivity index (χ0v) is 18.5. The molecule has 1 aliphatic rings. The van der Waals surface area contributed by atoms with Crippen LogP contribution < -0.4 is 19.9 Å². The van der Waals surface area contributed by atoms with E-state index in [0.717, 1.165) is 11.4 Å². The van der Waals surface area contributed by atoms with Gasteiger partial charge >= 0.3 is 0 Å². The summed E-state index contributed by atoms with van der Waals surface area (Å²) in [6.07, 6.45) is 0. The first-order valence-corrected chi connectivity index (χ1v) is 10.9. The lowest BCUT2D eigenvalue weighted by Crippen LogP contribution is -2.50. The molecule has 0 saturated carbocycles. The quantitative estimate of drug-likeness (QED) is 0.580. The van der Waals surface area contributed by atoms with Crippen molar-refractivity contribution < 1.29 is 19.1 Å². The van der Waals surface area contributed by atoms with Gasteiger partial charge in [0.05, 0.1) is 13.7 Å². The van der Waals surface area contributed by atoms with Gasteiger partial charge in [-0.15, -0.1) is 0 Å². The fourth-order valence-corrected chi connectivity index (χ4v) is 4.45. The predicted octanol–water partition coefficient (Wildman–Crippen LogP) is 3.19.